The van der Waals surface area contributed by atoms with Crippen LogP contribution >= 0.6 is 11.6 Å². The summed E-state index contributed by atoms with van der Waals surface area (Å²) in [7, 11) is 1.54. The molecule has 0 radical (unpaired) electrons. The summed E-state index contributed by atoms with van der Waals surface area (Å²) in [6.45, 7) is 3.23. The number of aromatic nitrogens is 1. The summed E-state index contributed by atoms with van der Waals surface area (Å²) >= 11 is 5.83. The first kappa shape index (κ1) is 17.6. The number of carbonyl (C=O) groups excluding carboxylic acids is 1. The second-order valence-electron chi connectivity index (χ2n) is 5.70. The summed E-state index contributed by atoms with van der Waals surface area (Å²) in [5, 5.41) is 11.5. The second-order valence-corrected chi connectivity index (χ2v) is 6.10. The SMILES string of the molecule is Cn1cc(NC(=O)C(C)(C)Oc2ccc(C#N)cc2)cc(Cl)c1=O. The van der Waals surface area contributed by atoms with Crippen LogP contribution in [0.5, 0.6) is 5.75 Å². The van der Waals surface area contributed by atoms with Crippen LogP contribution in [-0.4, -0.2) is 16.1 Å². The van der Waals surface area contributed by atoms with Gasteiger partial charge in [-0.2, -0.15) is 5.26 Å². The number of hydrogen-bond donors (Lipinski definition) is 1. The van der Waals surface area contributed by atoms with E-state index in [1.54, 1.807) is 45.2 Å². The molecule has 7 heteroatoms. The summed E-state index contributed by atoms with van der Waals surface area (Å²) in [6, 6.07) is 9.86. The first-order valence-corrected chi connectivity index (χ1v) is 7.47. The second kappa shape index (κ2) is 6.77. The Balaban J connectivity index is 2.15. The Morgan fingerprint density at radius 3 is 2.50 bits per heavy atom. The van der Waals surface area contributed by atoms with E-state index in [9.17, 15) is 9.59 Å². The molecule has 1 amide bonds. The molecule has 1 aromatic carbocycles. The zero-order valence-electron chi connectivity index (χ0n) is 13.5. The minimum absolute atomic E-state index is 0.0149. The molecular formula is C17H16ClN3O3. The third-order valence-electron chi connectivity index (χ3n) is 3.30. The van der Waals surface area contributed by atoms with Gasteiger partial charge in [0.1, 0.15) is 10.8 Å². The first-order chi connectivity index (χ1) is 11.2. The number of nitrogens with one attached hydrogen (secondary N) is 1. The van der Waals surface area contributed by atoms with Gasteiger partial charge >= 0.3 is 0 Å². The van der Waals surface area contributed by atoms with E-state index in [0.717, 1.165) is 0 Å². The Labute approximate surface area is 144 Å². The minimum atomic E-state index is -1.17. The van der Waals surface area contributed by atoms with Crippen LogP contribution in [0.2, 0.25) is 5.02 Å². The Hall–Kier alpha value is -2.78. The number of benzene rings is 1. The van der Waals surface area contributed by atoms with E-state index in [1.807, 2.05) is 6.07 Å². The van der Waals surface area contributed by atoms with Gasteiger partial charge in [0, 0.05) is 13.2 Å². The molecule has 1 heterocycles. The molecule has 1 aromatic heterocycles. The van der Waals surface area contributed by atoms with Gasteiger partial charge in [0.2, 0.25) is 0 Å². The van der Waals surface area contributed by atoms with Crippen LogP contribution in [0.3, 0.4) is 0 Å². The molecule has 6 nitrogen and oxygen atoms in total. The van der Waals surface area contributed by atoms with E-state index in [1.165, 1.54) is 16.8 Å². The van der Waals surface area contributed by atoms with Crippen LogP contribution in [0.15, 0.2) is 41.3 Å². The number of rotatable bonds is 4. The van der Waals surface area contributed by atoms with Crippen LogP contribution in [0.4, 0.5) is 5.69 Å². The van der Waals surface area contributed by atoms with Gasteiger partial charge in [0.05, 0.1) is 17.3 Å². The van der Waals surface area contributed by atoms with Crippen molar-refractivity contribution in [2.45, 2.75) is 19.4 Å². The van der Waals surface area contributed by atoms with Crippen molar-refractivity contribution in [3.63, 3.8) is 0 Å². The van der Waals surface area contributed by atoms with Crippen LogP contribution in [0, 0.1) is 11.3 Å². The molecule has 0 aliphatic heterocycles. The van der Waals surface area contributed by atoms with Crippen LogP contribution in [0.1, 0.15) is 19.4 Å². The maximum Gasteiger partial charge on any atom is 0.269 e. The van der Waals surface area contributed by atoms with E-state index >= 15 is 0 Å². The summed E-state index contributed by atoms with van der Waals surface area (Å²) < 4.78 is 6.98. The average Bonchev–Trinajstić information content (AvgIpc) is 2.53. The lowest BCUT2D eigenvalue weighted by molar-refractivity contribution is -0.128. The normalized spacial score (nSPS) is 10.8. The number of nitriles is 1. The van der Waals surface area contributed by atoms with Gasteiger partial charge < -0.3 is 14.6 Å². The maximum absolute atomic E-state index is 12.5. The molecule has 0 fully saturated rings. The number of pyridine rings is 1. The summed E-state index contributed by atoms with van der Waals surface area (Å²) in [5.74, 6) is 0.0641. The Morgan fingerprint density at radius 2 is 1.96 bits per heavy atom. The fourth-order valence-electron chi connectivity index (χ4n) is 1.96. The minimum Gasteiger partial charge on any atom is -0.478 e. The van der Waals surface area contributed by atoms with E-state index < -0.39 is 11.5 Å². The Bertz CT molecular complexity index is 838. The largest absolute Gasteiger partial charge is 0.478 e. The first-order valence-electron chi connectivity index (χ1n) is 7.10. The highest BCUT2D eigenvalue weighted by Gasteiger charge is 2.30. The number of aryl methyl sites for hydroxylation is 1. The fraction of sp³-hybridized carbons (Fsp3) is 0.235. The number of carbonyl (C=O) groups is 1. The quantitative estimate of drug-likeness (QED) is 0.923. The summed E-state index contributed by atoms with van der Waals surface area (Å²) in [4.78, 5) is 24.0. The molecule has 124 valence electrons. The third-order valence-corrected chi connectivity index (χ3v) is 3.57. The van der Waals surface area contributed by atoms with Gasteiger partial charge in [0.15, 0.2) is 5.60 Å². The lowest BCUT2D eigenvalue weighted by Gasteiger charge is -2.25. The van der Waals surface area contributed by atoms with Crippen molar-refractivity contribution in [1.82, 2.24) is 4.57 Å². The van der Waals surface area contributed by atoms with Crippen molar-refractivity contribution < 1.29 is 9.53 Å². The van der Waals surface area contributed by atoms with Crippen LogP contribution < -0.4 is 15.6 Å². The molecule has 2 aromatic rings. The van der Waals surface area contributed by atoms with E-state index in [2.05, 4.69) is 5.32 Å². The molecule has 0 aliphatic carbocycles. The highest BCUT2D eigenvalue weighted by molar-refractivity contribution is 6.30. The summed E-state index contributed by atoms with van der Waals surface area (Å²) in [6.07, 6.45) is 1.48. The molecule has 1 N–H and O–H groups in total. The van der Waals surface area contributed by atoms with Crippen molar-refractivity contribution in [3.8, 4) is 11.8 Å². The molecule has 0 spiro atoms. The number of ether oxygens (including phenoxy) is 1. The van der Waals surface area contributed by atoms with Crippen molar-refractivity contribution in [3.05, 3.63) is 57.5 Å². The number of halogens is 1. The zero-order valence-corrected chi connectivity index (χ0v) is 14.2. The average molecular weight is 346 g/mol. The van der Waals surface area contributed by atoms with Gasteiger partial charge in [-0.15, -0.1) is 0 Å². The lowest BCUT2D eigenvalue weighted by Crippen LogP contribution is -2.42. The molecule has 0 saturated carbocycles. The molecular weight excluding hydrogens is 330 g/mol. The molecule has 2 rings (SSSR count). The smallest absolute Gasteiger partial charge is 0.269 e. The highest BCUT2D eigenvalue weighted by Crippen LogP contribution is 2.21. The van der Waals surface area contributed by atoms with Gasteiger partial charge in [-0.3, -0.25) is 9.59 Å². The van der Waals surface area contributed by atoms with Gasteiger partial charge in [0.25, 0.3) is 11.5 Å². The molecule has 0 saturated heterocycles. The maximum atomic E-state index is 12.5. The van der Waals surface area contributed by atoms with E-state index in [0.29, 0.717) is 17.0 Å². The predicted molar refractivity (Wildman–Crippen MR) is 91.2 cm³/mol. The zero-order chi connectivity index (χ0) is 17.9. The molecule has 24 heavy (non-hydrogen) atoms. The van der Waals surface area contributed by atoms with Gasteiger partial charge in [-0.1, -0.05) is 11.6 Å². The van der Waals surface area contributed by atoms with Crippen LogP contribution in [0.25, 0.3) is 0 Å². The van der Waals surface area contributed by atoms with Crippen molar-refractivity contribution in [2.24, 2.45) is 7.05 Å². The standard InChI is InChI=1S/C17H16ClN3O3/c1-17(2,24-13-6-4-11(9-19)5-7-13)16(23)20-12-8-14(18)15(22)21(3)10-12/h4-8,10H,1-3H3,(H,20,23). The Kier molecular flexibility index (Phi) is 4.96. The van der Waals surface area contributed by atoms with Gasteiger partial charge in [-0.05, 0) is 44.2 Å². The van der Waals surface area contributed by atoms with Crippen molar-refractivity contribution in [2.75, 3.05) is 5.32 Å². The molecule has 0 unspecified atom stereocenters. The van der Waals surface area contributed by atoms with Crippen molar-refractivity contribution >= 4 is 23.2 Å². The topological polar surface area (TPSA) is 84.1 Å². The Morgan fingerprint density at radius 1 is 1.33 bits per heavy atom. The monoisotopic (exact) mass is 345 g/mol. The third kappa shape index (κ3) is 3.94. The number of anilines is 1. The van der Waals surface area contributed by atoms with E-state index in [-0.39, 0.29) is 10.6 Å². The molecule has 0 aliphatic rings. The van der Waals surface area contributed by atoms with Crippen LogP contribution in [-0.2, 0) is 11.8 Å². The predicted octanol–water partition coefficient (Wildman–Crippen LogP) is 2.71. The summed E-state index contributed by atoms with van der Waals surface area (Å²) in [5.41, 5.74) is -0.620. The number of amides is 1. The molecule has 0 bridgehead atoms. The number of nitrogens with zero attached hydrogens (tertiary/aromatic N) is 2. The van der Waals surface area contributed by atoms with E-state index in [4.69, 9.17) is 21.6 Å². The van der Waals surface area contributed by atoms with Crippen molar-refractivity contribution in [1.29, 1.82) is 5.26 Å². The highest BCUT2D eigenvalue weighted by atomic mass is 35.5. The van der Waals surface area contributed by atoms with Gasteiger partial charge in [-0.25, -0.2) is 0 Å². The molecule has 0 atom stereocenters. The number of hydrogen-bond acceptors (Lipinski definition) is 4. The fourth-order valence-corrected chi connectivity index (χ4v) is 2.21. The lowest BCUT2D eigenvalue weighted by atomic mass is 10.1.